The Labute approximate surface area is 73.6 Å². The first-order valence-corrected chi connectivity index (χ1v) is 4.56. The monoisotopic (exact) mass is 168 g/mol. The summed E-state index contributed by atoms with van der Waals surface area (Å²) in [6, 6.07) is 0. The maximum absolute atomic E-state index is 10.8. The lowest BCUT2D eigenvalue weighted by Gasteiger charge is -2.10. The summed E-state index contributed by atoms with van der Waals surface area (Å²) in [5.74, 6) is 0.248. The molecule has 68 valence electrons. The Morgan fingerprint density at radius 1 is 1.58 bits per heavy atom. The van der Waals surface area contributed by atoms with Crippen LogP contribution in [0.5, 0.6) is 0 Å². The van der Waals surface area contributed by atoms with E-state index in [1.165, 1.54) is 0 Å². The molecule has 12 heavy (non-hydrogen) atoms. The molecule has 0 aromatic heterocycles. The second kappa shape index (κ2) is 4.41. The number of carbonyl (C=O) groups is 1. The molecule has 0 fully saturated rings. The minimum Gasteiger partial charge on any atom is -0.374 e. The van der Waals surface area contributed by atoms with E-state index in [0.717, 1.165) is 18.4 Å². The fraction of sp³-hybridized carbons (Fsp3) is 0.700. The Morgan fingerprint density at radius 3 is 2.83 bits per heavy atom. The molecule has 0 heterocycles. The molecule has 0 aromatic rings. The molecule has 0 spiro atoms. The normalized spacial score (nSPS) is 19.5. The van der Waals surface area contributed by atoms with Gasteiger partial charge < -0.3 is 4.74 Å². The molecule has 0 saturated carbocycles. The lowest BCUT2D eigenvalue weighted by atomic mass is 10.2. The molecule has 1 rings (SSSR count). The van der Waals surface area contributed by atoms with Crippen molar-refractivity contribution in [1.82, 2.24) is 0 Å². The lowest BCUT2D eigenvalue weighted by molar-refractivity contribution is -0.114. The van der Waals surface area contributed by atoms with E-state index in [4.69, 9.17) is 4.74 Å². The van der Waals surface area contributed by atoms with E-state index in [2.05, 4.69) is 13.8 Å². The average Bonchev–Trinajstić information content (AvgIpc) is 2.47. The van der Waals surface area contributed by atoms with Crippen LogP contribution in [-0.2, 0) is 9.53 Å². The van der Waals surface area contributed by atoms with Gasteiger partial charge in [0.1, 0.15) is 0 Å². The second-order valence-electron chi connectivity index (χ2n) is 3.30. The molecule has 0 radical (unpaired) electrons. The summed E-state index contributed by atoms with van der Waals surface area (Å²) in [6.45, 7) is 4.79. The third-order valence-corrected chi connectivity index (χ3v) is 2.19. The van der Waals surface area contributed by atoms with Gasteiger partial charge >= 0.3 is 0 Å². The highest BCUT2D eigenvalue weighted by molar-refractivity contribution is 5.92. The number of ketones is 1. The van der Waals surface area contributed by atoms with Crippen molar-refractivity contribution in [2.75, 3.05) is 6.61 Å². The van der Waals surface area contributed by atoms with E-state index in [1.807, 2.05) is 0 Å². The van der Waals surface area contributed by atoms with Crippen molar-refractivity contribution in [2.24, 2.45) is 0 Å². The maximum Gasteiger partial charge on any atom is 0.156 e. The number of hydrogen-bond acceptors (Lipinski definition) is 2. The molecule has 0 bridgehead atoms. The van der Waals surface area contributed by atoms with Crippen molar-refractivity contribution in [1.29, 1.82) is 0 Å². The minimum atomic E-state index is 0.248. The van der Waals surface area contributed by atoms with Crippen LogP contribution in [0.2, 0.25) is 0 Å². The van der Waals surface area contributed by atoms with E-state index < -0.39 is 0 Å². The van der Waals surface area contributed by atoms with Crippen molar-refractivity contribution in [3.63, 3.8) is 0 Å². The Morgan fingerprint density at radius 2 is 2.33 bits per heavy atom. The average molecular weight is 168 g/mol. The molecule has 0 aromatic carbocycles. The van der Waals surface area contributed by atoms with Crippen LogP contribution in [-0.4, -0.2) is 18.5 Å². The summed E-state index contributed by atoms with van der Waals surface area (Å²) in [6.07, 6.45) is 4.64. The molecule has 0 saturated heterocycles. The van der Waals surface area contributed by atoms with Crippen molar-refractivity contribution in [3.05, 3.63) is 11.6 Å². The van der Waals surface area contributed by atoms with Crippen LogP contribution in [0.3, 0.4) is 0 Å². The molecular weight excluding hydrogens is 152 g/mol. The lowest BCUT2D eigenvalue weighted by Crippen LogP contribution is -2.08. The fourth-order valence-corrected chi connectivity index (χ4v) is 1.14. The summed E-state index contributed by atoms with van der Waals surface area (Å²) in [4.78, 5) is 10.8. The highest BCUT2D eigenvalue weighted by atomic mass is 16.5. The Bertz CT molecular complexity index is 194. The van der Waals surface area contributed by atoms with Crippen LogP contribution in [0.15, 0.2) is 11.6 Å². The Kier molecular flexibility index (Phi) is 3.48. The number of allylic oxidation sites excluding steroid dienone is 1. The van der Waals surface area contributed by atoms with Crippen LogP contribution in [0.1, 0.15) is 33.1 Å². The first kappa shape index (κ1) is 9.46. The quantitative estimate of drug-likeness (QED) is 0.642. The van der Waals surface area contributed by atoms with Gasteiger partial charge in [-0.1, -0.05) is 6.92 Å². The van der Waals surface area contributed by atoms with Crippen LogP contribution in [0, 0.1) is 0 Å². The van der Waals surface area contributed by atoms with Gasteiger partial charge in [-0.3, -0.25) is 4.79 Å². The third kappa shape index (κ3) is 2.78. The molecule has 2 heteroatoms. The molecular formula is C10H16O2. The van der Waals surface area contributed by atoms with Crippen LogP contribution < -0.4 is 0 Å². The standard InChI is InChI=1S/C10H16O2/c1-3-8(2)12-7-9-4-5-10(11)6-9/h6,8H,3-5,7H2,1-2H3. The van der Waals surface area contributed by atoms with Gasteiger partial charge in [0.05, 0.1) is 12.7 Å². The predicted octanol–water partition coefficient (Wildman–Crippen LogP) is 2.09. The minimum absolute atomic E-state index is 0.248. The zero-order chi connectivity index (χ0) is 8.97. The number of ether oxygens (including phenoxy) is 1. The maximum atomic E-state index is 10.8. The molecule has 1 aliphatic rings. The van der Waals surface area contributed by atoms with Gasteiger partial charge in [0.15, 0.2) is 5.78 Å². The molecule has 0 N–H and O–H groups in total. The molecule has 0 amide bonds. The van der Waals surface area contributed by atoms with Gasteiger partial charge in [0, 0.05) is 6.42 Å². The highest BCUT2D eigenvalue weighted by Gasteiger charge is 2.12. The zero-order valence-corrected chi connectivity index (χ0v) is 7.80. The van der Waals surface area contributed by atoms with Gasteiger partial charge in [0.25, 0.3) is 0 Å². The van der Waals surface area contributed by atoms with Crippen LogP contribution in [0.4, 0.5) is 0 Å². The Balaban J connectivity index is 2.24. The van der Waals surface area contributed by atoms with E-state index in [-0.39, 0.29) is 5.78 Å². The van der Waals surface area contributed by atoms with Crippen molar-refractivity contribution < 1.29 is 9.53 Å². The summed E-state index contributed by atoms with van der Waals surface area (Å²) in [5, 5.41) is 0. The zero-order valence-electron chi connectivity index (χ0n) is 7.80. The summed E-state index contributed by atoms with van der Waals surface area (Å²) >= 11 is 0. The smallest absolute Gasteiger partial charge is 0.156 e. The summed E-state index contributed by atoms with van der Waals surface area (Å²) in [7, 11) is 0. The van der Waals surface area contributed by atoms with Gasteiger partial charge in [-0.05, 0) is 31.4 Å². The van der Waals surface area contributed by atoms with E-state index in [0.29, 0.717) is 19.1 Å². The number of hydrogen-bond donors (Lipinski definition) is 0. The molecule has 2 nitrogen and oxygen atoms in total. The van der Waals surface area contributed by atoms with Gasteiger partial charge in [0.2, 0.25) is 0 Å². The van der Waals surface area contributed by atoms with E-state index in [9.17, 15) is 4.79 Å². The highest BCUT2D eigenvalue weighted by Crippen LogP contribution is 2.15. The van der Waals surface area contributed by atoms with Crippen molar-refractivity contribution in [3.8, 4) is 0 Å². The summed E-state index contributed by atoms with van der Waals surface area (Å²) < 4.78 is 5.50. The fourth-order valence-electron chi connectivity index (χ4n) is 1.14. The third-order valence-electron chi connectivity index (χ3n) is 2.19. The largest absolute Gasteiger partial charge is 0.374 e. The predicted molar refractivity (Wildman–Crippen MR) is 48.0 cm³/mol. The van der Waals surface area contributed by atoms with Gasteiger partial charge in [-0.25, -0.2) is 0 Å². The van der Waals surface area contributed by atoms with E-state index in [1.54, 1.807) is 6.08 Å². The second-order valence-corrected chi connectivity index (χ2v) is 3.30. The molecule has 1 aliphatic carbocycles. The van der Waals surface area contributed by atoms with Crippen molar-refractivity contribution in [2.45, 2.75) is 39.2 Å². The molecule has 1 atom stereocenters. The van der Waals surface area contributed by atoms with Crippen LogP contribution >= 0.6 is 0 Å². The number of rotatable bonds is 4. The molecule has 0 aliphatic heterocycles. The van der Waals surface area contributed by atoms with Crippen LogP contribution in [0.25, 0.3) is 0 Å². The SMILES string of the molecule is CCC(C)OCC1=CC(=O)CC1. The number of carbonyl (C=O) groups excluding carboxylic acids is 1. The van der Waals surface area contributed by atoms with Gasteiger partial charge in [-0.15, -0.1) is 0 Å². The first-order chi connectivity index (χ1) is 5.72. The summed E-state index contributed by atoms with van der Waals surface area (Å²) in [5.41, 5.74) is 1.15. The van der Waals surface area contributed by atoms with E-state index >= 15 is 0 Å². The first-order valence-electron chi connectivity index (χ1n) is 4.56. The Hall–Kier alpha value is -0.630. The molecule has 1 unspecified atom stereocenters. The topological polar surface area (TPSA) is 26.3 Å². The van der Waals surface area contributed by atoms with Crippen molar-refractivity contribution >= 4 is 5.78 Å². The van der Waals surface area contributed by atoms with Gasteiger partial charge in [-0.2, -0.15) is 0 Å².